The fourth-order valence-electron chi connectivity index (χ4n) is 2.95. The van der Waals surface area contributed by atoms with Crippen LogP contribution >= 0.6 is 0 Å². The van der Waals surface area contributed by atoms with Crippen molar-refractivity contribution >= 4 is 17.5 Å². The van der Waals surface area contributed by atoms with Gasteiger partial charge in [-0.15, -0.1) is 0 Å². The second-order valence-electron chi connectivity index (χ2n) is 5.60. The first-order chi connectivity index (χ1) is 9.91. The molecule has 114 valence electrons. The van der Waals surface area contributed by atoms with Gasteiger partial charge in [0.15, 0.2) is 0 Å². The molecule has 1 aromatic heterocycles. The van der Waals surface area contributed by atoms with Gasteiger partial charge >= 0.3 is 5.97 Å². The number of aliphatic carboxylic acids is 1. The van der Waals surface area contributed by atoms with Crippen molar-refractivity contribution in [2.75, 3.05) is 5.73 Å². The molecule has 6 nitrogen and oxygen atoms in total. The second kappa shape index (κ2) is 6.11. The maximum atomic E-state index is 12.6. The van der Waals surface area contributed by atoms with E-state index in [1.807, 2.05) is 0 Å². The zero-order valence-electron chi connectivity index (χ0n) is 12.2. The van der Waals surface area contributed by atoms with Gasteiger partial charge in [-0.05, 0) is 32.3 Å². The smallest absolute Gasteiger partial charge is 0.303 e. The molecule has 0 amide bonds. The molecule has 21 heavy (non-hydrogen) atoms. The number of hydrogen-bond acceptors (Lipinski definition) is 4. The first kappa shape index (κ1) is 15.3. The summed E-state index contributed by atoms with van der Waals surface area (Å²) in [6, 6.07) is 1.65. The highest BCUT2D eigenvalue weighted by Gasteiger charge is 2.23. The standard InChI is InChI=1S/C15H21N3O3/c1-9(16)12-8-10(6-7-13(19)20)15(21)18(14(12)17)11-4-2-3-5-11/h8,11,16H,2-7,17H2,1H3,(H,19,20). The molecule has 0 aliphatic heterocycles. The maximum Gasteiger partial charge on any atom is 0.303 e. The largest absolute Gasteiger partial charge is 0.481 e. The highest BCUT2D eigenvalue weighted by Crippen LogP contribution is 2.31. The van der Waals surface area contributed by atoms with E-state index in [2.05, 4.69) is 0 Å². The van der Waals surface area contributed by atoms with Gasteiger partial charge in [-0.1, -0.05) is 12.8 Å². The van der Waals surface area contributed by atoms with Crippen LogP contribution in [0.25, 0.3) is 0 Å². The highest BCUT2D eigenvalue weighted by atomic mass is 16.4. The minimum absolute atomic E-state index is 0.0698. The van der Waals surface area contributed by atoms with E-state index in [9.17, 15) is 9.59 Å². The van der Waals surface area contributed by atoms with Crippen LogP contribution in [0.15, 0.2) is 10.9 Å². The summed E-state index contributed by atoms with van der Waals surface area (Å²) in [6.07, 6.45) is 4.01. The summed E-state index contributed by atoms with van der Waals surface area (Å²) in [7, 11) is 0. The number of nitrogens with zero attached hydrogens (tertiary/aromatic N) is 1. The molecule has 1 saturated carbocycles. The first-order valence-electron chi connectivity index (χ1n) is 7.23. The molecular weight excluding hydrogens is 270 g/mol. The molecule has 0 bridgehead atoms. The van der Waals surface area contributed by atoms with Crippen LogP contribution in [-0.4, -0.2) is 21.4 Å². The van der Waals surface area contributed by atoms with E-state index < -0.39 is 5.97 Å². The number of anilines is 1. The van der Waals surface area contributed by atoms with Gasteiger partial charge in [-0.3, -0.25) is 14.2 Å². The topological polar surface area (TPSA) is 109 Å². The van der Waals surface area contributed by atoms with Gasteiger partial charge in [0.25, 0.3) is 5.56 Å². The van der Waals surface area contributed by atoms with Gasteiger partial charge in [0.05, 0.1) is 0 Å². The predicted molar refractivity (Wildman–Crippen MR) is 81.1 cm³/mol. The van der Waals surface area contributed by atoms with Crippen LogP contribution in [-0.2, 0) is 11.2 Å². The quantitative estimate of drug-likeness (QED) is 0.720. The number of carboxylic acids is 1. The number of rotatable bonds is 5. The van der Waals surface area contributed by atoms with Crippen molar-refractivity contribution in [2.45, 2.75) is 51.5 Å². The molecule has 0 spiro atoms. The number of carboxylic acid groups (broad SMARTS) is 1. The molecule has 0 radical (unpaired) electrons. The van der Waals surface area contributed by atoms with Crippen molar-refractivity contribution in [2.24, 2.45) is 0 Å². The maximum absolute atomic E-state index is 12.6. The fourth-order valence-corrected chi connectivity index (χ4v) is 2.95. The molecule has 0 atom stereocenters. The van der Waals surface area contributed by atoms with Crippen LogP contribution in [0.5, 0.6) is 0 Å². The van der Waals surface area contributed by atoms with Crippen LogP contribution in [0.2, 0.25) is 0 Å². The van der Waals surface area contributed by atoms with E-state index in [0.29, 0.717) is 16.9 Å². The lowest BCUT2D eigenvalue weighted by Crippen LogP contribution is -2.31. The van der Waals surface area contributed by atoms with Gasteiger partial charge in [-0.2, -0.15) is 0 Å². The Morgan fingerprint density at radius 1 is 1.48 bits per heavy atom. The molecule has 2 rings (SSSR count). The van der Waals surface area contributed by atoms with Crippen molar-refractivity contribution in [1.29, 1.82) is 5.41 Å². The summed E-state index contributed by atoms with van der Waals surface area (Å²) < 4.78 is 1.58. The molecule has 1 heterocycles. The van der Waals surface area contributed by atoms with Crippen molar-refractivity contribution in [3.63, 3.8) is 0 Å². The Morgan fingerprint density at radius 2 is 2.10 bits per heavy atom. The molecule has 1 aliphatic carbocycles. The Morgan fingerprint density at radius 3 is 2.62 bits per heavy atom. The monoisotopic (exact) mass is 291 g/mol. The third-order valence-corrected chi connectivity index (χ3v) is 4.05. The summed E-state index contributed by atoms with van der Waals surface area (Å²) in [4.78, 5) is 23.3. The Bertz CT molecular complexity index is 628. The van der Waals surface area contributed by atoms with Gasteiger partial charge in [0.2, 0.25) is 0 Å². The minimum atomic E-state index is -0.938. The van der Waals surface area contributed by atoms with Crippen molar-refractivity contribution < 1.29 is 9.90 Å². The van der Waals surface area contributed by atoms with Gasteiger partial charge in [0, 0.05) is 29.3 Å². The van der Waals surface area contributed by atoms with E-state index in [1.54, 1.807) is 17.6 Å². The molecule has 6 heteroatoms. The van der Waals surface area contributed by atoms with Crippen molar-refractivity contribution in [3.05, 3.63) is 27.5 Å². The van der Waals surface area contributed by atoms with Crippen LogP contribution in [0.1, 0.15) is 56.2 Å². The lowest BCUT2D eigenvalue weighted by atomic mass is 10.0. The zero-order valence-corrected chi connectivity index (χ0v) is 12.2. The van der Waals surface area contributed by atoms with E-state index in [1.165, 1.54) is 0 Å². The zero-order chi connectivity index (χ0) is 15.6. The number of nitrogen functional groups attached to an aromatic ring is 1. The van der Waals surface area contributed by atoms with Gasteiger partial charge in [0.1, 0.15) is 5.82 Å². The summed E-state index contributed by atoms with van der Waals surface area (Å²) >= 11 is 0. The third-order valence-electron chi connectivity index (χ3n) is 4.05. The summed E-state index contributed by atoms with van der Waals surface area (Å²) in [5.41, 5.74) is 7.14. The number of aromatic nitrogens is 1. The average Bonchev–Trinajstić information content (AvgIpc) is 2.91. The molecule has 0 aromatic carbocycles. The predicted octanol–water partition coefficient (Wildman–Crippen LogP) is 1.95. The number of nitrogens with two attached hydrogens (primary N) is 1. The van der Waals surface area contributed by atoms with Gasteiger partial charge in [-0.25, -0.2) is 0 Å². The Hall–Kier alpha value is -2.11. The molecule has 0 unspecified atom stereocenters. The van der Waals surface area contributed by atoms with Gasteiger partial charge < -0.3 is 16.2 Å². The number of pyridine rings is 1. The van der Waals surface area contributed by atoms with E-state index in [-0.39, 0.29) is 30.2 Å². The fraction of sp³-hybridized carbons (Fsp3) is 0.533. The number of hydrogen-bond donors (Lipinski definition) is 3. The molecule has 1 fully saturated rings. The number of carbonyl (C=O) groups is 1. The van der Waals surface area contributed by atoms with Crippen molar-refractivity contribution in [1.82, 2.24) is 4.57 Å². The third kappa shape index (κ3) is 3.15. The normalized spacial score (nSPS) is 15.3. The van der Waals surface area contributed by atoms with Crippen LogP contribution in [0.3, 0.4) is 0 Å². The average molecular weight is 291 g/mol. The second-order valence-corrected chi connectivity index (χ2v) is 5.60. The van der Waals surface area contributed by atoms with E-state index in [0.717, 1.165) is 25.7 Å². The summed E-state index contributed by atoms with van der Waals surface area (Å²) in [6.45, 7) is 1.62. The van der Waals surface area contributed by atoms with Crippen LogP contribution in [0.4, 0.5) is 5.82 Å². The van der Waals surface area contributed by atoms with Crippen LogP contribution < -0.4 is 11.3 Å². The van der Waals surface area contributed by atoms with E-state index in [4.69, 9.17) is 16.2 Å². The summed E-state index contributed by atoms with van der Waals surface area (Å²) in [5.74, 6) is -0.606. The molecule has 0 saturated heterocycles. The van der Waals surface area contributed by atoms with Crippen molar-refractivity contribution in [3.8, 4) is 0 Å². The molecule has 1 aliphatic rings. The van der Waals surface area contributed by atoms with Crippen LogP contribution in [0, 0.1) is 5.41 Å². The highest BCUT2D eigenvalue weighted by molar-refractivity contribution is 6.00. The molecule has 4 N–H and O–H groups in total. The Labute approximate surface area is 123 Å². The number of aryl methyl sites for hydroxylation is 1. The Kier molecular flexibility index (Phi) is 4.45. The number of nitrogens with one attached hydrogen (secondary N) is 1. The first-order valence-corrected chi connectivity index (χ1v) is 7.23. The SMILES string of the molecule is CC(=N)c1cc(CCC(=O)O)c(=O)n(C2CCCC2)c1N. The Balaban J connectivity index is 2.53. The van der Waals surface area contributed by atoms with E-state index >= 15 is 0 Å². The lowest BCUT2D eigenvalue weighted by Gasteiger charge is -2.20. The molecular formula is C15H21N3O3. The summed E-state index contributed by atoms with van der Waals surface area (Å²) in [5, 5.41) is 16.6. The lowest BCUT2D eigenvalue weighted by molar-refractivity contribution is -0.136. The molecule has 1 aromatic rings. The minimum Gasteiger partial charge on any atom is -0.481 e.